The van der Waals surface area contributed by atoms with Crippen molar-refractivity contribution in [2.24, 2.45) is 5.73 Å². The van der Waals surface area contributed by atoms with Crippen LogP contribution >= 0.6 is 0 Å². The Labute approximate surface area is 86.6 Å². The van der Waals surface area contributed by atoms with Crippen LogP contribution in [0.3, 0.4) is 0 Å². The van der Waals surface area contributed by atoms with Gasteiger partial charge in [0.2, 0.25) is 5.88 Å². The number of nitriles is 1. The molecular formula is C11H9FN2O. The number of allylic oxidation sites excluding steroid dienone is 1. The average molecular weight is 204 g/mol. The molecule has 1 aromatic rings. The van der Waals surface area contributed by atoms with Gasteiger partial charge in [-0.15, -0.1) is 0 Å². The van der Waals surface area contributed by atoms with Gasteiger partial charge in [0.25, 0.3) is 0 Å². The van der Waals surface area contributed by atoms with E-state index < -0.39 is 0 Å². The summed E-state index contributed by atoms with van der Waals surface area (Å²) in [5.41, 5.74) is 6.57. The Hall–Kier alpha value is -2.02. The normalized spacial score (nSPS) is 19.1. The van der Waals surface area contributed by atoms with E-state index in [2.05, 4.69) is 0 Å². The Kier molecular flexibility index (Phi) is 2.09. The number of benzene rings is 1. The number of fused-ring (bicyclic) bond motifs is 1. The van der Waals surface area contributed by atoms with E-state index in [9.17, 15) is 4.39 Å². The van der Waals surface area contributed by atoms with Gasteiger partial charge in [-0.25, -0.2) is 4.39 Å². The molecule has 1 unspecified atom stereocenters. The number of ether oxygens (including phenoxy) is 1. The molecule has 1 atom stereocenters. The van der Waals surface area contributed by atoms with Gasteiger partial charge in [-0.05, 0) is 18.2 Å². The molecule has 76 valence electrons. The Morgan fingerprint density at radius 1 is 1.53 bits per heavy atom. The summed E-state index contributed by atoms with van der Waals surface area (Å²) in [4.78, 5) is 0. The van der Waals surface area contributed by atoms with Crippen LogP contribution in [0.25, 0.3) is 0 Å². The first-order chi connectivity index (χ1) is 7.13. The molecule has 2 rings (SSSR count). The second kappa shape index (κ2) is 3.28. The second-order valence-electron chi connectivity index (χ2n) is 3.40. The minimum absolute atomic E-state index is 0.101. The maximum Gasteiger partial charge on any atom is 0.205 e. The van der Waals surface area contributed by atoms with Gasteiger partial charge in [0.15, 0.2) is 0 Å². The zero-order chi connectivity index (χ0) is 11.0. The van der Waals surface area contributed by atoms with Crippen LogP contribution < -0.4 is 10.5 Å². The first-order valence-electron chi connectivity index (χ1n) is 4.50. The highest BCUT2D eigenvalue weighted by Gasteiger charge is 2.25. The van der Waals surface area contributed by atoms with Crippen LogP contribution in [-0.4, -0.2) is 0 Å². The molecule has 0 saturated carbocycles. The Morgan fingerprint density at radius 3 is 2.93 bits per heavy atom. The first kappa shape index (κ1) is 9.53. The predicted molar refractivity (Wildman–Crippen MR) is 52.3 cm³/mol. The summed E-state index contributed by atoms with van der Waals surface area (Å²) in [5.74, 6) is 0.0425. The summed E-state index contributed by atoms with van der Waals surface area (Å²) >= 11 is 0. The number of rotatable bonds is 0. The quantitative estimate of drug-likeness (QED) is 0.703. The maximum absolute atomic E-state index is 13.0. The van der Waals surface area contributed by atoms with Crippen molar-refractivity contribution in [1.82, 2.24) is 0 Å². The minimum Gasteiger partial charge on any atom is -0.440 e. The van der Waals surface area contributed by atoms with Crippen molar-refractivity contribution in [3.05, 3.63) is 41.0 Å². The van der Waals surface area contributed by atoms with Gasteiger partial charge < -0.3 is 10.5 Å². The van der Waals surface area contributed by atoms with E-state index in [1.54, 1.807) is 6.92 Å². The fourth-order valence-corrected chi connectivity index (χ4v) is 1.64. The van der Waals surface area contributed by atoms with Crippen molar-refractivity contribution < 1.29 is 9.13 Å². The van der Waals surface area contributed by atoms with Crippen molar-refractivity contribution in [3.8, 4) is 11.8 Å². The molecule has 2 N–H and O–H groups in total. The molecular weight excluding hydrogens is 195 g/mol. The number of halogens is 1. The van der Waals surface area contributed by atoms with Gasteiger partial charge in [-0.3, -0.25) is 0 Å². The van der Waals surface area contributed by atoms with E-state index in [4.69, 9.17) is 15.7 Å². The van der Waals surface area contributed by atoms with Gasteiger partial charge in [-0.1, -0.05) is 6.92 Å². The number of hydrogen-bond acceptors (Lipinski definition) is 3. The maximum atomic E-state index is 13.0. The summed E-state index contributed by atoms with van der Waals surface area (Å²) in [6.07, 6.45) is 0. The first-order valence-corrected chi connectivity index (χ1v) is 4.50. The van der Waals surface area contributed by atoms with Crippen molar-refractivity contribution >= 4 is 0 Å². The van der Waals surface area contributed by atoms with Gasteiger partial charge in [0.05, 0.1) is 5.57 Å². The van der Waals surface area contributed by atoms with E-state index in [-0.39, 0.29) is 17.6 Å². The lowest BCUT2D eigenvalue weighted by Crippen LogP contribution is -2.18. The lowest BCUT2D eigenvalue weighted by atomic mass is 9.91. The lowest BCUT2D eigenvalue weighted by Gasteiger charge is -2.22. The highest BCUT2D eigenvalue weighted by Crippen LogP contribution is 2.37. The average Bonchev–Trinajstić information content (AvgIpc) is 2.20. The van der Waals surface area contributed by atoms with Crippen LogP contribution in [0.15, 0.2) is 29.7 Å². The molecule has 4 heteroatoms. The molecule has 0 bridgehead atoms. The fourth-order valence-electron chi connectivity index (χ4n) is 1.64. The third-order valence-corrected chi connectivity index (χ3v) is 2.48. The van der Waals surface area contributed by atoms with Crippen molar-refractivity contribution in [2.45, 2.75) is 12.8 Å². The molecule has 1 aromatic carbocycles. The molecule has 1 aliphatic heterocycles. The molecule has 0 radical (unpaired) electrons. The van der Waals surface area contributed by atoms with Crippen LogP contribution in [0.1, 0.15) is 18.4 Å². The third-order valence-electron chi connectivity index (χ3n) is 2.48. The second-order valence-corrected chi connectivity index (χ2v) is 3.40. The van der Waals surface area contributed by atoms with Crippen LogP contribution in [-0.2, 0) is 0 Å². The molecule has 15 heavy (non-hydrogen) atoms. The zero-order valence-corrected chi connectivity index (χ0v) is 8.12. The summed E-state index contributed by atoms with van der Waals surface area (Å²) in [6, 6.07) is 6.15. The van der Waals surface area contributed by atoms with E-state index in [1.165, 1.54) is 18.2 Å². The van der Waals surface area contributed by atoms with Crippen molar-refractivity contribution in [1.29, 1.82) is 5.26 Å². The standard InChI is InChI=1S/C11H9FN2O/c1-6-8-4-7(12)2-3-10(8)15-11(14)9(6)5-13/h2-4,6H,14H2,1H3. The van der Waals surface area contributed by atoms with E-state index in [0.717, 1.165) is 0 Å². The van der Waals surface area contributed by atoms with E-state index >= 15 is 0 Å². The lowest BCUT2D eigenvalue weighted by molar-refractivity contribution is 0.389. The van der Waals surface area contributed by atoms with E-state index in [1.807, 2.05) is 6.07 Å². The van der Waals surface area contributed by atoms with Crippen LogP contribution in [0.5, 0.6) is 5.75 Å². The Balaban J connectivity index is 2.56. The third kappa shape index (κ3) is 1.42. The fraction of sp³-hybridized carbons (Fsp3) is 0.182. The topological polar surface area (TPSA) is 59.0 Å². The number of nitrogens with two attached hydrogens (primary N) is 1. The van der Waals surface area contributed by atoms with Crippen molar-refractivity contribution in [2.75, 3.05) is 0 Å². The molecule has 0 aliphatic carbocycles. The Morgan fingerprint density at radius 2 is 2.27 bits per heavy atom. The smallest absolute Gasteiger partial charge is 0.205 e. The summed E-state index contributed by atoms with van der Waals surface area (Å²) in [7, 11) is 0. The van der Waals surface area contributed by atoms with Crippen LogP contribution in [0, 0.1) is 17.1 Å². The van der Waals surface area contributed by atoms with Crippen LogP contribution in [0.2, 0.25) is 0 Å². The predicted octanol–water partition coefficient (Wildman–Crippen LogP) is 2.02. The minimum atomic E-state index is -0.345. The summed E-state index contributed by atoms with van der Waals surface area (Å²) < 4.78 is 18.2. The van der Waals surface area contributed by atoms with E-state index in [0.29, 0.717) is 16.9 Å². The van der Waals surface area contributed by atoms with Gasteiger partial charge in [0.1, 0.15) is 17.6 Å². The van der Waals surface area contributed by atoms with Gasteiger partial charge >= 0.3 is 0 Å². The summed E-state index contributed by atoms with van der Waals surface area (Å²) in [5, 5.41) is 8.87. The molecule has 0 fully saturated rings. The highest BCUT2D eigenvalue weighted by molar-refractivity contribution is 5.49. The molecule has 1 heterocycles. The molecule has 0 aromatic heterocycles. The monoisotopic (exact) mass is 204 g/mol. The number of nitrogens with zero attached hydrogens (tertiary/aromatic N) is 1. The molecule has 3 nitrogen and oxygen atoms in total. The summed E-state index contributed by atoms with van der Waals surface area (Å²) in [6.45, 7) is 1.80. The zero-order valence-electron chi connectivity index (χ0n) is 8.12. The molecule has 1 aliphatic rings. The van der Waals surface area contributed by atoms with Crippen LogP contribution in [0.4, 0.5) is 4.39 Å². The SMILES string of the molecule is CC1C(C#N)=C(N)Oc2ccc(F)cc21. The molecule has 0 amide bonds. The molecule has 0 saturated heterocycles. The Bertz CT molecular complexity index is 488. The van der Waals surface area contributed by atoms with Gasteiger partial charge in [0, 0.05) is 11.5 Å². The van der Waals surface area contributed by atoms with Gasteiger partial charge in [-0.2, -0.15) is 5.26 Å². The van der Waals surface area contributed by atoms with Crippen molar-refractivity contribution in [3.63, 3.8) is 0 Å². The largest absolute Gasteiger partial charge is 0.440 e. The number of hydrogen-bond donors (Lipinski definition) is 1. The highest BCUT2D eigenvalue weighted by atomic mass is 19.1. The molecule has 0 spiro atoms.